The van der Waals surface area contributed by atoms with Gasteiger partial charge in [-0.25, -0.2) is 4.39 Å². The minimum absolute atomic E-state index is 0.0292. The van der Waals surface area contributed by atoms with Crippen LogP contribution >= 0.6 is 0 Å². The van der Waals surface area contributed by atoms with E-state index in [1.807, 2.05) is 7.05 Å². The largest absolute Gasteiger partial charge is 0.451 e. The summed E-state index contributed by atoms with van der Waals surface area (Å²) in [7, 11) is 0.559. The summed E-state index contributed by atoms with van der Waals surface area (Å²) in [4.78, 5) is 0. The zero-order chi connectivity index (χ0) is 13.3. The molecule has 2 aliphatic rings. The van der Waals surface area contributed by atoms with Gasteiger partial charge in [0.1, 0.15) is 6.17 Å². The van der Waals surface area contributed by atoms with Crippen LogP contribution in [-0.2, 0) is 0 Å². The number of nitrogens with two attached hydrogens (primary N) is 1. The van der Waals surface area contributed by atoms with Crippen molar-refractivity contribution < 1.29 is 14.4 Å². The zero-order valence-corrected chi connectivity index (χ0v) is 10.9. The summed E-state index contributed by atoms with van der Waals surface area (Å²) < 4.78 is 14.3. The first-order valence-electron chi connectivity index (χ1n) is 6.97. The van der Waals surface area contributed by atoms with Crippen LogP contribution in [-0.4, -0.2) is 42.5 Å². The highest BCUT2D eigenvalue weighted by atomic mass is 19.1. The first-order valence-corrected chi connectivity index (χ1v) is 6.97. The fourth-order valence-electron chi connectivity index (χ4n) is 4.01. The van der Waals surface area contributed by atoms with Gasteiger partial charge in [0.25, 0.3) is 0 Å². The Morgan fingerprint density at radius 1 is 1.39 bits per heavy atom. The first kappa shape index (κ1) is 14.2. The Bertz CT molecular complexity index is 281. The molecule has 0 bridgehead atoms. The third kappa shape index (κ3) is 2.71. The molecule has 104 valence electrons. The summed E-state index contributed by atoms with van der Waals surface area (Å²) in [5.74, 6) is 0.659. The molecule has 5 N–H and O–H groups in total. The molecule has 0 spiro atoms. The number of halogens is 1. The molecule has 4 nitrogen and oxygen atoms in total. The van der Waals surface area contributed by atoms with Crippen molar-refractivity contribution in [2.24, 2.45) is 23.5 Å². The van der Waals surface area contributed by atoms with E-state index in [9.17, 15) is 4.39 Å². The number of hydrogen-bond acceptors (Lipinski definition) is 4. The van der Waals surface area contributed by atoms with Crippen molar-refractivity contribution in [3.05, 3.63) is 0 Å². The van der Waals surface area contributed by atoms with Gasteiger partial charge >= 0.3 is 7.12 Å². The maximum absolute atomic E-state index is 14.3. The van der Waals surface area contributed by atoms with Gasteiger partial charge in [0.05, 0.1) is 0 Å². The van der Waals surface area contributed by atoms with Crippen molar-refractivity contribution in [2.75, 3.05) is 7.05 Å². The maximum Gasteiger partial charge on any atom is 0.451 e. The highest BCUT2D eigenvalue weighted by Crippen LogP contribution is 2.50. The molecule has 2 aliphatic carbocycles. The predicted molar refractivity (Wildman–Crippen MR) is 69.7 cm³/mol. The van der Waals surface area contributed by atoms with Crippen molar-refractivity contribution >= 4 is 7.12 Å². The third-order valence-electron chi connectivity index (χ3n) is 4.84. The molecule has 0 aromatic rings. The fraction of sp³-hybridized carbons (Fsp3) is 1.00. The van der Waals surface area contributed by atoms with Gasteiger partial charge in [-0.05, 0) is 50.4 Å². The van der Waals surface area contributed by atoms with Crippen LogP contribution < -0.4 is 11.1 Å². The summed E-state index contributed by atoms with van der Waals surface area (Å²) >= 11 is 0. The van der Waals surface area contributed by atoms with E-state index < -0.39 is 13.3 Å². The molecular formula is C12H24BFN2O2. The minimum Gasteiger partial charge on any atom is -0.427 e. The second-order valence-electron chi connectivity index (χ2n) is 5.89. The van der Waals surface area contributed by atoms with Gasteiger partial charge in [-0.3, -0.25) is 0 Å². The summed E-state index contributed by atoms with van der Waals surface area (Å²) in [6.45, 7) is 0. The van der Waals surface area contributed by atoms with Crippen LogP contribution in [0.1, 0.15) is 25.7 Å². The van der Waals surface area contributed by atoms with Crippen LogP contribution in [0.4, 0.5) is 4.39 Å². The lowest BCUT2D eigenvalue weighted by Gasteiger charge is -2.25. The monoisotopic (exact) mass is 258 g/mol. The molecule has 0 saturated heterocycles. The van der Waals surface area contributed by atoms with Gasteiger partial charge in [0.2, 0.25) is 0 Å². The Hall–Kier alpha value is -0.165. The van der Waals surface area contributed by atoms with E-state index in [0.29, 0.717) is 18.7 Å². The molecule has 0 aromatic carbocycles. The van der Waals surface area contributed by atoms with E-state index in [1.54, 1.807) is 0 Å². The number of fused-ring (bicyclic) bond motifs is 1. The molecule has 6 unspecified atom stereocenters. The van der Waals surface area contributed by atoms with E-state index in [2.05, 4.69) is 5.32 Å². The van der Waals surface area contributed by atoms with E-state index >= 15 is 0 Å². The molecule has 6 atom stereocenters. The van der Waals surface area contributed by atoms with E-state index in [1.165, 1.54) is 0 Å². The molecule has 0 radical (unpaired) electrons. The van der Waals surface area contributed by atoms with Crippen molar-refractivity contribution in [1.29, 1.82) is 0 Å². The smallest absolute Gasteiger partial charge is 0.427 e. The molecule has 0 heterocycles. The Morgan fingerprint density at radius 3 is 2.72 bits per heavy atom. The molecule has 0 aromatic heterocycles. The standard InChI is InChI=1S/C12H24BFN2O2/c1-16-10-6-7-5-9(15)8(11(7)12(10)14)3-2-4-13(17)18/h7-12,16-18H,2-6,15H2,1H3. The van der Waals surface area contributed by atoms with Gasteiger partial charge in [0.15, 0.2) is 0 Å². The van der Waals surface area contributed by atoms with Crippen molar-refractivity contribution in [3.8, 4) is 0 Å². The summed E-state index contributed by atoms with van der Waals surface area (Å²) in [6.07, 6.45) is 2.85. The van der Waals surface area contributed by atoms with E-state index in [4.69, 9.17) is 15.8 Å². The molecule has 0 amide bonds. The first-order chi connectivity index (χ1) is 8.54. The van der Waals surface area contributed by atoms with Gasteiger partial charge in [-0.1, -0.05) is 6.42 Å². The van der Waals surface area contributed by atoms with Gasteiger partial charge in [-0.15, -0.1) is 0 Å². The van der Waals surface area contributed by atoms with Crippen LogP contribution in [0, 0.1) is 17.8 Å². The predicted octanol–water partition coefficient (Wildman–Crippen LogP) is 0.149. The number of rotatable bonds is 5. The lowest BCUT2D eigenvalue weighted by molar-refractivity contribution is 0.167. The average molecular weight is 258 g/mol. The SMILES string of the molecule is CNC1CC2CC(N)C(CCCB(O)O)C2C1F. The van der Waals surface area contributed by atoms with Crippen LogP contribution in [0.3, 0.4) is 0 Å². The van der Waals surface area contributed by atoms with Crippen molar-refractivity contribution in [1.82, 2.24) is 5.32 Å². The maximum atomic E-state index is 14.3. The average Bonchev–Trinajstić information content (AvgIpc) is 2.77. The van der Waals surface area contributed by atoms with E-state index in [0.717, 1.165) is 19.3 Å². The normalized spacial score (nSPS) is 43.2. The van der Waals surface area contributed by atoms with Crippen LogP contribution in [0.25, 0.3) is 0 Å². The number of alkyl halides is 1. The Balaban J connectivity index is 1.93. The van der Waals surface area contributed by atoms with Gasteiger partial charge < -0.3 is 21.1 Å². The summed E-state index contributed by atoms with van der Waals surface area (Å²) in [6, 6.07) is 0.0466. The molecule has 2 saturated carbocycles. The highest BCUT2D eigenvalue weighted by molar-refractivity contribution is 6.40. The Morgan fingerprint density at radius 2 is 2.11 bits per heavy atom. The number of hydrogen-bond donors (Lipinski definition) is 4. The third-order valence-corrected chi connectivity index (χ3v) is 4.84. The number of nitrogens with one attached hydrogen (secondary N) is 1. The van der Waals surface area contributed by atoms with Crippen LogP contribution in [0.5, 0.6) is 0 Å². The van der Waals surface area contributed by atoms with E-state index in [-0.39, 0.29) is 23.9 Å². The summed E-state index contributed by atoms with van der Waals surface area (Å²) in [5.41, 5.74) is 6.12. The van der Waals surface area contributed by atoms with Gasteiger partial charge in [-0.2, -0.15) is 0 Å². The van der Waals surface area contributed by atoms with Crippen molar-refractivity contribution in [3.63, 3.8) is 0 Å². The molecular weight excluding hydrogens is 234 g/mol. The second kappa shape index (κ2) is 5.86. The Kier molecular flexibility index (Phi) is 4.64. The van der Waals surface area contributed by atoms with Crippen molar-refractivity contribution in [2.45, 2.75) is 50.3 Å². The highest BCUT2D eigenvalue weighted by Gasteiger charge is 2.52. The molecule has 2 rings (SSSR count). The van der Waals surface area contributed by atoms with Gasteiger partial charge in [0, 0.05) is 12.1 Å². The molecule has 2 fully saturated rings. The molecule has 0 aliphatic heterocycles. The lowest BCUT2D eigenvalue weighted by Crippen LogP contribution is -2.38. The lowest BCUT2D eigenvalue weighted by atomic mass is 9.79. The quantitative estimate of drug-likeness (QED) is 0.529. The minimum atomic E-state index is -1.26. The Labute approximate surface area is 108 Å². The zero-order valence-electron chi connectivity index (χ0n) is 10.9. The fourth-order valence-corrected chi connectivity index (χ4v) is 4.01. The second-order valence-corrected chi connectivity index (χ2v) is 5.89. The molecule has 18 heavy (non-hydrogen) atoms. The van der Waals surface area contributed by atoms with Crippen LogP contribution in [0.15, 0.2) is 0 Å². The summed E-state index contributed by atoms with van der Waals surface area (Å²) in [5, 5.41) is 20.8. The molecule has 6 heteroatoms. The van der Waals surface area contributed by atoms with Crippen LogP contribution in [0.2, 0.25) is 6.32 Å². The topological polar surface area (TPSA) is 78.5 Å².